The van der Waals surface area contributed by atoms with Crippen molar-refractivity contribution in [1.82, 2.24) is 14.5 Å². The molecule has 0 atom stereocenters. The molecule has 0 fully saturated rings. The number of hydrogen-bond donors (Lipinski definition) is 1. The summed E-state index contributed by atoms with van der Waals surface area (Å²) in [6.45, 7) is 8.06. The van der Waals surface area contributed by atoms with Gasteiger partial charge in [0, 0.05) is 24.4 Å². The minimum atomic E-state index is 0.479. The predicted octanol–water partition coefficient (Wildman–Crippen LogP) is 5.35. The highest BCUT2D eigenvalue weighted by molar-refractivity contribution is 6.06. The van der Waals surface area contributed by atoms with Crippen LogP contribution in [0.25, 0.3) is 21.9 Å². The van der Waals surface area contributed by atoms with Crippen LogP contribution in [0, 0.1) is 5.92 Å². The summed E-state index contributed by atoms with van der Waals surface area (Å²) < 4.78 is 8.32. The molecule has 0 unspecified atom stereocenters. The van der Waals surface area contributed by atoms with Crippen molar-refractivity contribution in [2.75, 3.05) is 5.73 Å². The van der Waals surface area contributed by atoms with Crippen molar-refractivity contribution in [2.45, 2.75) is 46.8 Å². The maximum atomic E-state index is 6.32. The summed E-state index contributed by atoms with van der Waals surface area (Å²) >= 11 is 0. The van der Waals surface area contributed by atoms with Crippen LogP contribution in [-0.2, 0) is 19.6 Å². The summed E-state index contributed by atoms with van der Waals surface area (Å²) in [5.41, 5.74) is 10.2. The van der Waals surface area contributed by atoms with Gasteiger partial charge in [0.2, 0.25) is 0 Å². The highest BCUT2D eigenvalue weighted by Gasteiger charge is 2.18. The van der Waals surface area contributed by atoms with Crippen molar-refractivity contribution in [3.05, 3.63) is 59.9 Å². The summed E-state index contributed by atoms with van der Waals surface area (Å²) in [7, 11) is 0. The molecule has 0 aliphatic rings. The molecule has 2 aromatic heterocycles. The zero-order valence-corrected chi connectivity index (χ0v) is 17.4. The van der Waals surface area contributed by atoms with Gasteiger partial charge in [-0.25, -0.2) is 9.97 Å². The number of hydrogen-bond acceptors (Lipinski definition) is 4. The van der Waals surface area contributed by atoms with E-state index in [-0.39, 0.29) is 0 Å². The quantitative estimate of drug-likeness (QED) is 0.463. The molecule has 5 nitrogen and oxygen atoms in total. The third kappa shape index (κ3) is 3.90. The van der Waals surface area contributed by atoms with E-state index in [1.807, 2.05) is 30.3 Å². The van der Waals surface area contributed by atoms with Gasteiger partial charge in [0.25, 0.3) is 0 Å². The van der Waals surface area contributed by atoms with Gasteiger partial charge in [-0.05, 0) is 30.0 Å². The molecular weight excluding hydrogens is 360 g/mol. The molecule has 29 heavy (non-hydrogen) atoms. The molecule has 0 radical (unpaired) electrons. The Morgan fingerprint density at radius 1 is 1.07 bits per heavy atom. The third-order valence-electron chi connectivity index (χ3n) is 5.02. The number of aryl methyl sites for hydroxylation is 1. The first kappa shape index (κ1) is 19.2. The first-order chi connectivity index (χ1) is 14.1. The van der Waals surface area contributed by atoms with Crippen molar-refractivity contribution in [3.63, 3.8) is 0 Å². The molecule has 2 aromatic carbocycles. The second-order valence-electron chi connectivity index (χ2n) is 7.93. The van der Waals surface area contributed by atoms with Crippen LogP contribution < -0.4 is 10.5 Å². The Morgan fingerprint density at radius 2 is 1.86 bits per heavy atom. The number of ether oxygens (including phenoxy) is 1. The number of pyridine rings is 1. The van der Waals surface area contributed by atoms with Gasteiger partial charge in [-0.3, -0.25) is 0 Å². The SMILES string of the molecule is CCCc1nc2c(N)nc3cc(OCc4ccccc4)ccc3c2n1CC(C)C. The Balaban J connectivity index is 1.78. The minimum absolute atomic E-state index is 0.479. The van der Waals surface area contributed by atoms with Crippen LogP contribution in [0.4, 0.5) is 5.82 Å². The molecule has 5 heteroatoms. The first-order valence-corrected chi connectivity index (χ1v) is 10.3. The van der Waals surface area contributed by atoms with Crippen LogP contribution in [0.2, 0.25) is 0 Å². The summed E-state index contributed by atoms with van der Waals surface area (Å²) in [6.07, 6.45) is 1.98. The van der Waals surface area contributed by atoms with Gasteiger partial charge < -0.3 is 15.0 Å². The number of fused-ring (bicyclic) bond motifs is 3. The Hall–Kier alpha value is -3.08. The topological polar surface area (TPSA) is 66.0 Å². The van der Waals surface area contributed by atoms with Gasteiger partial charge in [-0.15, -0.1) is 0 Å². The molecule has 0 spiro atoms. The monoisotopic (exact) mass is 388 g/mol. The number of benzene rings is 2. The van der Waals surface area contributed by atoms with Crippen LogP contribution in [0.3, 0.4) is 0 Å². The Kier molecular flexibility index (Phi) is 5.38. The second-order valence-corrected chi connectivity index (χ2v) is 7.93. The number of nitrogens with zero attached hydrogens (tertiary/aromatic N) is 3. The van der Waals surface area contributed by atoms with Gasteiger partial charge in [-0.2, -0.15) is 0 Å². The highest BCUT2D eigenvalue weighted by atomic mass is 16.5. The van der Waals surface area contributed by atoms with E-state index in [4.69, 9.17) is 15.5 Å². The molecule has 0 saturated carbocycles. The van der Waals surface area contributed by atoms with Crippen molar-refractivity contribution in [1.29, 1.82) is 0 Å². The molecule has 0 amide bonds. The molecule has 2 N–H and O–H groups in total. The minimum Gasteiger partial charge on any atom is -0.489 e. The average Bonchev–Trinajstić information content (AvgIpc) is 3.06. The van der Waals surface area contributed by atoms with E-state index in [9.17, 15) is 0 Å². The normalized spacial score (nSPS) is 11.6. The largest absolute Gasteiger partial charge is 0.489 e. The molecule has 2 heterocycles. The standard InChI is InChI=1S/C24H28N4O/c1-4-8-21-27-22-23(28(21)14-16(2)3)19-12-11-18(13-20(19)26-24(22)25)29-15-17-9-6-5-7-10-17/h5-7,9-13,16H,4,8,14-15H2,1-3H3,(H2,25,26). The Bertz CT molecular complexity index is 1130. The first-order valence-electron chi connectivity index (χ1n) is 10.3. The summed E-state index contributed by atoms with van der Waals surface area (Å²) in [5.74, 6) is 2.87. The van der Waals surface area contributed by atoms with Crippen molar-refractivity contribution >= 4 is 27.8 Å². The zero-order chi connectivity index (χ0) is 20.4. The van der Waals surface area contributed by atoms with E-state index in [1.54, 1.807) is 0 Å². The van der Waals surface area contributed by atoms with Crippen LogP contribution in [0.15, 0.2) is 48.5 Å². The fraction of sp³-hybridized carbons (Fsp3) is 0.333. The van der Waals surface area contributed by atoms with Gasteiger partial charge in [-0.1, -0.05) is 51.1 Å². The molecule has 4 aromatic rings. The van der Waals surface area contributed by atoms with E-state index in [2.05, 4.69) is 48.5 Å². The molecule has 0 saturated heterocycles. The molecule has 0 aliphatic carbocycles. The molecule has 150 valence electrons. The third-order valence-corrected chi connectivity index (χ3v) is 5.02. The summed E-state index contributed by atoms with van der Waals surface area (Å²) in [4.78, 5) is 9.48. The second kappa shape index (κ2) is 8.11. The predicted molar refractivity (Wildman–Crippen MR) is 119 cm³/mol. The van der Waals surface area contributed by atoms with Gasteiger partial charge >= 0.3 is 0 Å². The van der Waals surface area contributed by atoms with E-state index < -0.39 is 0 Å². The smallest absolute Gasteiger partial charge is 0.152 e. The number of nitrogens with two attached hydrogens (primary N) is 1. The molecule has 0 aliphatic heterocycles. The summed E-state index contributed by atoms with van der Waals surface area (Å²) in [5, 5.41) is 1.07. The van der Waals surface area contributed by atoms with Crippen molar-refractivity contribution in [2.24, 2.45) is 5.92 Å². The highest BCUT2D eigenvalue weighted by Crippen LogP contribution is 2.32. The lowest BCUT2D eigenvalue weighted by molar-refractivity contribution is 0.306. The van der Waals surface area contributed by atoms with Gasteiger partial charge in [0.15, 0.2) is 5.82 Å². The van der Waals surface area contributed by atoms with E-state index >= 15 is 0 Å². The number of rotatable bonds is 7. The van der Waals surface area contributed by atoms with E-state index in [0.29, 0.717) is 18.3 Å². The fourth-order valence-corrected chi connectivity index (χ4v) is 3.74. The van der Waals surface area contributed by atoms with Gasteiger partial charge in [0.1, 0.15) is 23.7 Å². The molecular formula is C24H28N4O. The molecule has 0 bridgehead atoms. The van der Waals surface area contributed by atoms with Crippen molar-refractivity contribution < 1.29 is 4.74 Å². The summed E-state index contributed by atoms with van der Waals surface area (Å²) in [6, 6.07) is 16.2. The number of nitrogen functional groups attached to an aromatic ring is 1. The van der Waals surface area contributed by atoms with Crippen molar-refractivity contribution in [3.8, 4) is 5.75 Å². The zero-order valence-electron chi connectivity index (χ0n) is 17.4. The Labute approximate surface area is 171 Å². The maximum absolute atomic E-state index is 6.32. The Morgan fingerprint density at radius 3 is 2.59 bits per heavy atom. The lowest BCUT2D eigenvalue weighted by atomic mass is 10.1. The fourth-order valence-electron chi connectivity index (χ4n) is 3.74. The van der Waals surface area contributed by atoms with Crippen LogP contribution in [-0.4, -0.2) is 14.5 Å². The number of anilines is 1. The lowest BCUT2D eigenvalue weighted by Crippen LogP contribution is -2.09. The van der Waals surface area contributed by atoms with E-state index in [1.165, 1.54) is 0 Å². The number of imidazole rings is 1. The lowest BCUT2D eigenvalue weighted by Gasteiger charge is -2.13. The molecule has 4 rings (SSSR count). The van der Waals surface area contributed by atoms with Crippen LogP contribution in [0.1, 0.15) is 38.6 Å². The number of aromatic nitrogens is 3. The van der Waals surface area contributed by atoms with Crippen LogP contribution >= 0.6 is 0 Å². The van der Waals surface area contributed by atoms with Crippen LogP contribution in [0.5, 0.6) is 5.75 Å². The van der Waals surface area contributed by atoms with Gasteiger partial charge in [0.05, 0.1) is 11.0 Å². The van der Waals surface area contributed by atoms with E-state index in [0.717, 1.165) is 58.5 Å². The maximum Gasteiger partial charge on any atom is 0.152 e. The average molecular weight is 389 g/mol.